The van der Waals surface area contributed by atoms with Crippen molar-refractivity contribution in [3.63, 3.8) is 0 Å². The van der Waals surface area contributed by atoms with Crippen molar-refractivity contribution in [3.05, 3.63) is 35.6 Å². The second-order valence-corrected chi connectivity index (χ2v) is 4.05. The first-order valence-electron chi connectivity index (χ1n) is 6.32. The van der Waals surface area contributed by atoms with Gasteiger partial charge in [-0.3, -0.25) is 4.79 Å². The van der Waals surface area contributed by atoms with Crippen LogP contribution in [-0.4, -0.2) is 34.7 Å². The van der Waals surface area contributed by atoms with E-state index in [1.54, 1.807) is 12.1 Å². The standard InChI is InChI=1S/C13H16N4O3/c1-3-10-16-11(20-17-10)5-7-15-13(18)9-4-6-14-12(8-9)19-2/h4,6,8H,3,5,7H2,1-2H3,(H,15,18). The van der Waals surface area contributed by atoms with Crippen LogP contribution < -0.4 is 10.1 Å². The molecule has 1 N–H and O–H groups in total. The average Bonchev–Trinajstić information content (AvgIpc) is 2.95. The van der Waals surface area contributed by atoms with E-state index in [-0.39, 0.29) is 5.91 Å². The summed E-state index contributed by atoms with van der Waals surface area (Å²) in [4.78, 5) is 20.0. The van der Waals surface area contributed by atoms with Gasteiger partial charge in [-0.15, -0.1) is 0 Å². The molecule has 0 spiro atoms. The minimum absolute atomic E-state index is 0.194. The Balaban J connectivity index is 1.85. The third kappa shape index (κ3) is 3.53. The Morgan fingerprint density at radius 1 is 1.50 bits per heavy atom. The van der Waals surface area contributed by atoms with Crippen LogP contribution >= 0.6 is 0 Å². The quantitative estimate of drug-likeness (QED) is 0.846. The molecular formula is C13H16N4O3. The molecule has 2 aromatic heterocycles. The van der Waals surface area contributed by atoms with Gasteiger partial charge in [0.2, 0.25) is 11.8 Å². The predicted molar refractivity (Wildman–Crippen MR) is 70.5 cm³/mol. The number of nitrogens with one attached hydrogen (secondary N) is 1. The van der Waals surface area contributed by atoms with Crippen LogP contribution in [0.15, 0.2) is 22.9 Å². The third-order valence-electron chi connectivity index (χ3n) is 2.66. The summed E-state index contributed by atoms with van der Waals surface area (Å²) in [5.41, 5.74) is 0.497. The van der Waals surface area contributed by atoms with Crippen molar-refractivity contribution in [1.82, 2.24) is 20.4 Å². The van der Waals surface area contributed by atoms with Gasteiger partial charge in [-0.1, -0.05) is 12.1 Å². The number of carbonyl (C=O) groups excluding carboxylic acids is 1. The molecule has 0 bridgehead atoms. The molecule has 106 valence electrons. The molecule has 2 aromatic rings. The fourth-order valence-electron chi connectivity index (χ4n) is 1.58. The van der Waals surface area contributed by atoms with Crippen molar-refractivity contribution in [3.8, 4) is 5.88 Å². The normalized spacial score (nSPS) is 10.3. The van der Waals surface area contributed by atoms with E-state index in [4.69, 9.17) is 9.26 Å². The molecule has 0 aliphatic heterocycles. The maximum atomic E-state index is 11.9. The molecule has 0 aliphatic carbocycles. The number of ether oxygens (including phenoxy) is 1. The highest BCUT2D eigenvalue weighted by Crippen LogP contribution is 2.08. The number of aryl methyl sites for hydroxylation is 1. The fraction of sp³-hybridized carbons (Fsp3) is 0.385. The van der Waals surface area contributed by atoms with Crippen LogP contribution in [0.2, 0.25) is 0 Å². The first-order chi connectivity index (χ1) is 9.72. The minimum atomic E-state index is -0.194. The van der Waals surface area contributed by atoms with Crippen molar-refractivity contribution in [1.29, 1.82) is 0 Å². The molecule has 1 amide bonds. The summed E-state index contributed by atoms with van der Waals surface area (Å²) >= 11 is 0. The average molecular weight is 276 g/mol. The number of aromatic nitrogens is 3. The molecule has 0 unspecified atom stereocenters. The number of amides is 1. The van der Waals surface area contributed by atoms with Crippen LogP contribution in [0.1, 0.15) is 29.0 Å². The second kappa shape index (κ2) is 6.65. The van der Waals surface area contributed by atoms with Crippen molar-refractivity contribution in [2.24, 2.45) is 0 Å². The Hall–Kier alpha value is -2.44. The number of hydrogen-bond donors (Lipinski definition) is 1. The maximum Gasteiger partial charge on any atom is 0.251 e. The predicted octanol–water partition coefficient (Wildman–Crippen LogP) is 1.01. The SMILES string of the molecule is CCc1noc(CCNC(=O)c2ccnc(OC)c2)n1. The number of carbonyl (C=O) groups is 1. The number of rotatable bonds is 6. The van der Waals surface area contributed by atoms with E-state index in [2.05, 4.69) is 20.4 Å². The molecule has 0 radical (unpaired) electrons. The number of methoxy groups -OCH3 is 1. The van der Waals surface area contributed by atoms with Crippen molar-refractivity contribution >= 4 is 5.91 Å². The largest absolute Gasteiger partial charge is 0.481 e. The highest BCUT2D eigenvalue weighted by Gasteiger charge is 2.08. The lowest BCUT2D eigenvalue weighted by molar-refractivity contribution is 0.0953. The van der Waals surface area contributed by atoms with Crippen LogP contribution in [-0.2, 0) is 12.8 Å². The van der Waals surface area contributed by atoms with Crippen LogP contribution in [0.4, 0.5) is 0 Å². The smallest absolute Gasteiger partial charge is 0.251 e. The molecule has 0 aromatic carbocycles. The van der Waals surface area contributed by atoms with Crippen LogP contribution in [0, 0.1) is 0 Å². The Kier molecular flexibility index (Phi) is 4.65. The van der Waals surface area contributed by atoms with Gasteiger partial charge in [0.25, 0.3) is 5.91 Å². The van der Waals surface area contributed by atoms with Crippen molar-refractivity contribution in [2.45, 2.75) is 19.8 Å². The summed E-state index contributed by atoms with van der Waals surface area (Å²) < 4.78 is 10.0. The first kappa shape index (κ1) is 14.0. The topological polar surface area (TPSA) is 90.1 Å². The van der Waals surface area contributed by atoms with Gasteiger partial charge in [-0.05, 0) is 6.07 Å². The van der Waals surface area contributed by atoms with Gasteiger partial charge >= 0.3 is 0 Å². The fourth-order valence-corrected chi connectivity index (χ4v) is 1.58. The van der Waals surface area contributed by atoms with E-state index in [1.165, 1.54) is 13.3 Å². The van der Waals surface area contributed by atoms with E-state index in [9.17, 15) is 4.79 Å². The van der Waals surface area contributed by atoms with Gasteiger partial charge in [0.15, 0.2) is 5.82 Å². The Morgan fingerprint density at radius 3 is 3.05 bits per heavy atom. The first-order valence-corrected chi connectivity index (χ1v) is 6.32. The highest BCUT2D eigenvalue weighted by molar-refractivity contribution is 5.94. The van der Waals surface area contributed by atoms with Gasteiger partial charge in [0, 0.05) is 37.2 Å². The number of pyridine rings is 1. The summed E-state index contributed by atoms with van der Waals surface area (Å²) in [6.45, 7) is 2.38. The van der Waals surface area contributed by atoms with Gasteiger partial charge < -0.3 is 14.6 Å². The maximum absolute atomic E-state index is 11.9. The number of nitrogens with zero attached hydrogens (tertiary/aromatic N) is 3. The van der Waals surface area contributed by atoms with Crippen molar-refractivity contribution < 1.29 is 14.1 Å². The van der Waals surface area contributed by atoms with E-state index in [1.807, 2.05) is 6.92 Å². The molecule has 2 rings (SSSR count). The molecule has 20 heavy (non-hydrogen) atoms. The minimum Gasteiger partial charge on any atom is -0.481 e. The lowest BCUT2D eigenvalue weighted by Gasteiger charge is -2.04. The monoisotopic (exact) mass is 276 g/mol. The zero-order chi connectivity index (χ0) is 14.4. The molecule has 0 fully saturated rings. The molecule has 0 atom stereocenters. The molecule has 7 nitrogen and oxygen atoms in total. The molecular weight excluding hydrogens is 260 g/mol. The Labute approximate surface area is 116 Å². The van der Waals surface area contributed by atoms with Gasteiger partial charge in [-0.2, -0.15) is 4.98 Å². The summed E-state index contributed by atoms with van der Waals surface area (Å²) in [5, 5.41) is 6.57. The lowest BCUT2D eigenvalue weighted by atomic mass is 10.2. The van der Waals surface area contributed by atoms with Crippen LogP contribution in [0.5, 0.6) is 5.88 Å². The molecule has 0 aliphatic rings. The summed E-state index contributed by atoms with van der Waals surface area (Å²) in [5.74, 6) is 1.41. The highest BCUT2D eigenvalue weighted by atomic mass is 16.5. The van der Waals surface area contributed by atoms with E-state index in [0.717, 1.165) is 6.42 Å². The van der Waals surface area contributed by atoms with Gasteiger partial charge in [0.05, 0.1) is 7.11 Å². The molecule has 0 saturated heterocycles. The Bertz CT molecular complexity index is 583. The molecule has 7 heteroatoms. The molecule has 2 heterocycles. The van der Waals surface area contributed by atoms with Crippen molar-refractivity contribution in [2.75, 3.05) is 13.7 Å². The Morgan fingerprint density at radius 2 is 2.35 bits per heavy atom. The zero-order valence-corrected chi connectivity index (χ0v) is 11.4. The van der Waals surface area contributed by atoms with Crippen LogP contribution in [0.3, 0.4) is 0 Å². The summed E-state index contributed by atoms with van der Waals surface area (Å²) in [6, 6.07) is 3.21. The van der Waals surface area contributed by atoms with E-state index < -0.39 is 0 Å². The zero-order valence-electron chi connectivity index (χ0n) is 11.4. The van der Waals surface area contributed by atoms with Gasteiger partial charge in [0.1, 0.15) is 0 Å². The van der Waals surface area contributed by atoms with E-state index >= 15 is 0 Å². The lowest BCUT2D eigenvalue weighted by Crippen LogP contribution is -2.25. The number of hydrogen-bond acceptors (Lipinski definition) is 6. The summed E-state index contributed by atoms with van der Waals surface area (Å²) in [7, 11) is 1.50. The molecule has 0 saturated carbocycles. The van der Waals surface area contributed by atoms with Gasteiger partial charge in [-0.25, -0.2) is 4.98 Å². The van der Waals surface area contributed by atoms with Crippen LogP contribution in [0.25, 0.3) is 0 Å². The third-order valence-corrected chi connectivity index (χ3v) is 2.66. The second-order valence-electron chi connectivity index (χ2n) is 4.05. The summed E-state index contributed by atoms with van der Waals surface area (Å²) in [6.07, 6.45) is 2.76. The van der Waals surface area contributed by atoms with E-state index in [0.29, 0.717) is 36.1 Å².